The van der Waals surface area contributed by atoms with Gasteiger partial charge in [0.25, 0.3) is 5.91 Å². The summed E-state index contributed by atoms with van der Waals surface area (Å²) >= 11 is 0. The van der Waals surface area contributed by atoms with Gasteiger partial charge < -0.3 is 20.3 Å². The van der Waals surface area contributed by atoms with Crippen molar-refractivity contribution in [3.63, 3.8) is 0 Å². The van der Waals surface area contributed by atoms with E-state index in [1.165, 1.54) is 6.08 Å². The van der Waals surface area contributed by atoms with Crippen LogP contribution < -0.4 is 15.4 Å². The normalized spacial score (nSPS) is 17.0. The lowest BCUT2D eigenvalue weighted by atomic mass is 10.00. The summed E-state index contributed by atoms with van der Waals surface area (Å²) in [7, 11) is 0. The van der Waals surface area contributed by atoms with E-state index in [2.05, 4.69) is 22.5 Å². The van der Waals surface area contributed by atoms with Crippen molar-refractivity contribution in [2.24, 2.45) is 5.92 Å². The third-order valence-corrected chi connectivity index (χ3v) is 4.63. The predicted molar refractivity (Wildman–Crippen MR) is 118 cm³/mol. The molecule has 8 nitrogen and oxygen atoms in total. The smallest absolute Gasteiger partial charge is 0.255 e. The Balaban J connectivity index is 2.29. The fourth-order valence-corrected chi connectivity index (χ4v) is 3.24. The molecule has 2 rings (SSSR count). The SMILES string of the molecule is C/C=C\C(=C/C(=N)NC=O)Nc1ncc(C(=O)N2CCC[C@@H](C)C2)cc1OCCC. The molecule has 1 aromatic rings. The lowest BCUT2D eigenvalue weighted by Crippen LogP contribution is -2.39. The van der Waals surface area contributed by atoms with Crippen LogP contribution in [0.5, 0.6) is 5.75 Å². The van der Waals surface area contributed by atoms with Crippen molar-refractivity contribution in [3.05, 3.63) is 41.8 Å². The Morgan fingerprint density at radius 1 is 1.47 bits per heavy atom. The highest BCUT2D eigenvalue weighted by Crippen LogP contribution is 2.27. The number of nitrogens with zero attached hydrogens (tertiary/aromatic N) is 2. The first-order valence-corrected chi connectivity index (χ1v) is 10.3. The molecule has 30 heavy (non-hydrogen) atoms. The third-order valence-electron chi connectivity index (χ3n) is 4.63. The van der Waals surface area contributed by atoms with Gasteiger partial charge in [0.15, 0.2) is 11.6 Å². The molecule has 162 valence electrons. The fourth-order valence-electron chi connectivity index (χ4n) is 3.24. The molecule has 0 aliphatic carbocycles. The van der Waals surface area contributed by atoms with Gasteiger partial charge in [-0.1, -0.05) is 19.9 Å². The summed E-state index contributed by atoms with van der Waals surface area (Å²) in [5, 5.41) is 13.2. The number of rotatable bonds is 9. The van der Waals surface area contributed by atoms with Crippen LogP contribution in [-0.4, -0.2) is 47.7 Å². The van der Waals surface area contributed by atoms with E-state index in [9.17, 15) is 9.59 Å². The Morgan fingerprint density at radius 2 is 2.27 bits per heavy atom. The van der Waals surface area contributed by atoms with Gasteiger partial charge in [0.2, 0.25) is 6.41 Å². The minimum atomic E-state index is -0.0624. The van der Waals surface area contributed by atoms with Crippen LogP contribution >= 0.6 is 0 Å². The van der Waals surface area contributed by atoms with E-state index in [4.69, 9.17) is 10.1 Å². The molecule has 2 amide bonds. The van der Waals surface area contributed by atoms with Crippen molar-refractivity contribution in [3.8, 4) is 5.75 Å². The van der Waals surface area contributed by atoms with Crippen molar-refractivity contribution >= 4 is 24.0 Å². The topological polar surface area (TPSA) is 107 Å². The number of likely N-dealkylation sites (tertiary alicyclic amines) is 1. The number of allylic oxidation sites excluding steroid dienone is 2. The van der Waals surface area contributed by atoms with Crippen LogP contribution in [-0.2, 0) is 4.79 Å². The van der Waals surface area contributed by atoms with Crippen LogP contribution in [0.25, 0.3) is 0 Å². The largest absolute Gasteiger partial charge is 0.490 e. The second-order valence-corrected chi connectivity index (χ2v) is 7.32. The number of carbonyl (C=O) groups is 2. The second kappa shape index (κ2) is 11.7. The molecule has 1 aliphatic rings. The van der Waals surface area contributed by atoms with Gasteiger partial charge in [-0.3, -0.25) is 15.0 Å². The maximum Gasteiger partial charge on any atom is 0.255 e. The van der Waals surface area contributed by atoms with Crippen LogP contribution in [0.1, 0.15) is 50.4 Å². The number of aromatic nitrogens is 1. The molecule has 0 radical (unpaired) electrons. The minimum Gasteiger partial charge on any atom is -0.490 e. The van der Waals surface area contributed by atoms with Crippen LogP contribution in [0.15, 0.2) is 36.2 Å². The summed E-state index contributed by atoms with van der Waals surface area (Å²) in [5.74, 6) is 1.31. The van der Waals surface area contributed by atoms with Gasteiger partial charge in [0.1, 0.15) is 5.84 Å². The third kappa shape index (κ3) is 6.72. The van der Waals surface area contributed by atoms with Gasteiger partial charge in [-0.15, -0.1) is 0 Å². The van der Waals surface area contributed by atoms with E-state index in [0.717, 1.165) is 32.4 Å². The van der Waals surface area contributed by atoms with Gasteiger partial charge in [-0.05, 0) is 44.2 Å². The Morgan fingerprint density at radius 3 is 2.93 bits per heavy atom. The van der Waals surface area contributed by atoms with E-state index >= 15 is 0 Å². The summed E-state index contributed by atoms with van der Waals surface area (Å²) in [4.78, 5) is 29.8. The van der Waals surface area contributed by atoms with E-state index in [1.54, 1.807) is 24.4 Å². The van der Waals surface area contributed by atoms with E-state index < -0.39 is 0 Å². The molecule has 8 heteroatoms. The summed E-state index contributed by atoms with van der Waals surface area (Å²) in [5.41, 5.74) is 1.04. The number of amides is 2. The van der Waals surface area contributed by atoms with Crippen molar-refractivity contribution in [2.45, 2.75) is 40.0 Å². The van der Waals surface area contributed by atoms with Crippen LogP contribution in [0, 0.1) is 11.3 Å². The van der Waals surface area contributed by atoms with Crippen molar-refractivity contribution in [2.75, 3.05) is 25.0 Å². The highest BCUT2D eigenvalue weighted by atomic mass is 16.5. The van der Waals surface area contributed by atoms with E-state index in [1.807, 2.05) is 18.7 Å². The van der Waals surface area contributed by atoms with Gasteiger partial charge in [-0.2, -0.15) is 0 Å². The molecule has 0 spiro atoms. The second-order valence-electron chi connectivity index (χ2n) is 7.32. The first-order valence-electron chi connectivity index (χ1n) is 10.3. The molecule has 0 aromatic carbocycles. The Kier molecular flexibility index (Phi) is 9.05. The van der Waals surface area contributed by atoms with E-state index in [0.29, 0.717) is 41.8 Å². The summed E-state index contributed by atoms with van der Waals surface area (Å²) in [6, 6.07) is 1.72. The fraction of sp³-hybridized carbons (Fsp3) is 0.455. The first-order chi connectivity index (χ1) is 14.5. The maximum atomic E-state index is 12.9. The van der Waals surface area contributed by atoms with Gasteiger partial charge >= 0.3 is 0 Å². The summed E-state index contributed by atoms with van der Waals surface area (Å²) < 4.78 is 5.84. The molecular formula is C22H31N5O3. The van der Waals surface area contributed by atoms with Crippen molar-refractivity contribution < 1.29 is 14.3 Å². The van der Waals surface area contributed by atoms with Crippen LogP contribution in [0.3, 0.4) is 0 Å². The molecule has 1 atom stereocenters. The Labute approximate surface area is 177 Å². The molecule has 0 bridgehead atoms. The number of hydrogen-bond donors (Lipinski definition) is 3. The minimum absolute atomic E-state index is 0.0388. The predicted octanol–water partition coefficient (Wildman–Crippen LogP) is 3.34. The molecule has 1 aliphatic heterocycles. The quantitative estimate of drug-likeness (QED) is 0.249. The standard InChI is InChI=1S/C22H31N5O3/c1-4-7-18(12-20(23)25-15-28)26-21-19(30-10-5-2)11-17(13-24-21)22(29)27-9-6-8-16(3)14-27/h4,7,11-13,15-16H,5-6,8-10,14H2,1-3H3,(H,24,26)(H2,23,25,28)/b7-4-,18-12+/t16-/m1/s1. The lowest BCUT2D eigenvalue weighted by Gasteiger charge is -2.31. The Hall–Kier alpha value is -3.16. The monoisotopic (exact) mass is 413 g/mol. The maximum absolute atomic E-state index is 12.9. The summed E-state index contributed by atoms with van der Waals surface area (Å²) in [6.07, 6.45) is 9.98. The highest BCUT2D eigenvalue weighted by molar-refractivity contribution is 5.98. The number of amidine groups is 1. The molecule has 1 aromatic heterocycles. The first kappa shape index (κ1) is 23.1. The zero-order valence-electron chi connectivity index (χ0n) is 17.9. The molecular weight excluding hydrogens is 382 g/mol. The zero-order chi connectivity index (χ0) is 21.9. The Bertz CT molecular complexity index is 819. The van der Waals surface area contributed by atoms with Crippen molar-refractivity contribution in [1.82, 2.24) is 15.2 Å². The van der Waals surface area contributed by atoms with Crippen molar-refractivity contribution in [1.29, 1.82) is 5.41 Å². The summed E-state index contributed by atoms with van der Waals surface area (Å²) in [6.45, 7) is 8.00. The number of piperidine rings is 1. The number of carbonyl (C=O) groups excluding carboxylic acids is 2. The molecule has 1 fully saturated rings. The zero-order valence-corrected chi connectivity index (χ0v) is 17.9. The number of pyridine rings is 1. The van der Waals surface area contributed by atoms with Gasteiger partial charge in [0.05, 0.1) is 12.2 Å². The average Bonchev–Trinajstić information content (AvgIpc) is 2.72. The van der Waals surface area contributed by atoms with Gasteiger partial charge in [-0.25, -0.2) is 4.98 Å². The van der Waals surface area contributed by atoms with E-state index in [-0.39, 0.29) is 11.7 Å². The number of ether oxygens (including phenoxy) is 1. The van der Waals surface area contributed by atoms with Crippen LogP contribution in [0.4, 0.5) is 5.82 Å². The lowest BCUT2D eigenvalue weighted by molar-refractivity contribution is -0.108. The molecule has 2 heterocycles. The van der Waals surface area contributed by atoms with Crippen LogP contribution in [0.2, 0.25) is 0 Å². The number of anilines is 1. The molecule has 3 N–H and O–H groups in total. The highest BCUT2D eigenvalue weighted by Gasteiger charge is 2.23. The number of hydrogen-bond acceptors (Lipinski definition) is 6. The number of nitrogens with one attached hydrogen (secondary N) is 3. The molecule has 1 saturated heterocycles. The average molecular weight is 414 g/mol. The molecule has 0 unspecified atom stereocenters. The van der Waals surface area contributed by atoms with Gasteiger partial charge in [0, 0.05) is 31.1 Å². The molecule has 0 saturated carbocycles.